The molecule has 0 N–H and O–H groups in total. The zero-order valence-electron chi connectivity index (χ0n) is 13.3. The van der Waals surface area contributed by atoms with Crippen LogP contribution in [0, 0.1) is 0 Å². The van der Waals surface area contributed by atoms with Crippen LogP contribution in [0.3, 0.4) is 0 Å². The summed E-state index contributed by atoms with van der Waals surface area (Å²) in [5.41, 5.74) is 2.10. The molecule has 0 aromatic carbocycles. The number of piperidine rings is 1. The van der Waals surface area contributed by atoms with Crippen LogP contribution in [-0.2, 0) is 13.0 Å². The second-order valence-electron chi connectivity index (χ2n) is 6.01. The quantitative estimate of drug-likeness (QED) is 0.846. The predicted molar refractivity (Wildman–Crippen MR) is 86.4 cm³/mol. The molecular formula is C17H26N4. The molecule has 4 heteroatoms. The first-order valence-corrected chi connectivity index (χ1v) is 8.37. The van der Waals surface area contributed by atoms with E-state index in [1.165, 1.54) is 31.6 Å². The monoisotopic (exact) mass is 286 g/mol. The maximum absolute atomic E-state index is 4.80. The smallest absolute Gasteiger partial charge is 0.160 e. The molecule has 1 fully saturated rings. The lowest BCUT2D eigenvalue weighted by molar-refractivity contribution is 0.140. The van der Waals surface area contributed by atoms with Crippen LogP contribution in [0.25, 0.3) is 11.2 Å². The molecule has 0 aliphatic carbocycles. The van der Waals surface area contributed by atoms with Crippen LogP contribution in [0.2, 0.25) is 0 Å². The zero-order chi connectivity index (χ0) is 14.7. The Morgan fingerprint density at radius 2 is 2.19 bits per heavy atom. The highest BCUT2D eigenvalue weighted by Gasteiger charge is 2.23. The Bertz CT molecular complexity index is 589. The minimum Gasteiger partial charge on any atom is -0.311 e. The summed E-state index contributed by atoms with van der Waals surface area (Å²) in [5.74, 6) is 1.20. The number of aromatic nitrogens is 3. The number of nitrogens with zero attached hydrogens (tertiary/aromatic N) is 4. The Kier molecular flexibility index (Phi) is 4.54. The highest BCUT2D eigenvalue weighted by molar-refractivity contribution is 5.71. The number of imidazole rings is 1. The average Bonchev–Trinajstić information content (AvgIpc) is 2.86. The first-order valence-electron chi connectivity index (χ1n) is 8.37. The van der Waals surface area contributed by atoms with Gasteiger partial charge in [-0.25, -0.2) is 9.97 Å². The van der Waals surface area contributed by atoms with Gasteiger partial charge < -0.3 is 4.57 Å². The first-order chi connectivity index (χ1) is 10.3. The van der Waals surface area contributed by atoms with Crippen molar-refractivity contribution in [3.63, 3.8) is 0 Å². The van der Waals surface area contributed by atoms with Crippen molar-refractivity contribution in [3.8, 4) is 0 Å². The second-order valence-corrected chi connectivity index (χ2v) is 6.01. The van der Waals surface area contributed by atoms with Gasteiger partial charge in [0.2, 0.25) is 0 Å². The van der Waals surface area contributed by atoms with Crippen LogP contribution in [0.5, 0.6) is 0 Å². The van der Waals surface area contributed by atoms with Crippen molar-refractivity contribution in [2.75, 3.05) is 13.1 Å². The van der Waals surface area contributed by atoms with Crippen LogP contribution in [-0.4, -0.2) is 38.6 Å². The molecule has 1 aliphatic heterocycles. The van der Waals surface area contributed by atoms with Crippen molar-refractivity contribution < 1.29 is 0 Å². The maximum Gasteiger partial charge on any atom is 0.160 e. The van der Waals surface area contributed by atoms with Crippen LogP contribution in [0.1, 0.15) is 45.4 Å². The van der Waals surface area contributed by atoms with Gasteiger partial charge in [0.15, 0.2) is 5.65 Å². The van der Waals surface area contributed by atoms with Gasteiger partial charge in [0.05, 0.1) is 0 Å². The Morgan fingerprint density at radius 1 is 1.29 bits per heavy atom. The molecule has 0 radical (unpaired) electrons. The van der Waals surface area contributed by atoms with E-state index in [-0.39, 0.29) is 0 Å². The van der Waals surface area contributed by atoms with Crippen LogP contribution < -0.4 is 0 Å². The molecule has 0 bridgehead atoms. The van der Waals surface area contributed by atoms with E-state index < -0.39 is 0 Å². The van der Waals surface area contributed by atoms with Gasteiger partial charge in [-0.3, -0.25) is 4.90 Å². The Hall–Kier alpha value is -1.42. The molecule has 114 valence electrons. The van der Waals surface area contributed by atoms with Crippen molar-refractivity contribution in [1.82, 2.24) is 19.4 Å². The Balaban J connectivity index is 1.92. The third-order valence-corrected chi connectivity index (χ3v) is 4.61. The molecule has 0 amide bonds. The number of hydrogen-bond donors (Lipinski definition) is 0. The summed E-state index contributed by atoms with van der Waals surface area (Å²) in [6, 6.07) is 4.70. The van der Waals surface area contributed by atoms with Crippen LogP contribution in [0.4, 0.5) is 0 Å². The van der Waals surface area contributed by atoms with E-state index in [9.17, 15) is 0 Å². The standard InChI is InChI=1S/C17H26N4/c1-3-8-16-19-15-10-7-11-18-17(15)21(16)13-14-9-5-6-12-20(14)4-2/h7,10-11,14H,3-6,8-9,12-13H2,1-2H3. The number of rotatable bonds is 5. The molecule has 1 saturated heterocycles. The number of likely N-dealkylation sites (N-methyl/N-ethyl adjacent to an activating group) is 1. The summed E-state index contributed by atoms with van der Waals surface area (Å²) < 4.78 is 2.37. The number of likely N-dealkylation sites (tertiary alicyclic amines) is 1. The van der Waals surface area contributed by atoms with E-state index in [0.29, 0.717) is 6.04 Å². The van der Waals surface area contributed by atoms with Gasteiger partial charge in [-0.05, 0) is 44.5 Å². The largest absolute Gasteiger partial charge is 0.311 e. The van der Waals surface area contributed by atoms with Crippen molar-refractivity contribution in [3.05, 3.63) is 24.2 Å². The van der Waals surface area contributed by atoms with Crippen LogP contribution >= 0.6 is 0 Å². The van der Waals surface area contributed by atoms with E-state index in [0.717, 1.165) is 37.1 Å². The highest BCUT2D eigenvalue weighted by atomic mass is 15.2. The summed E-state index contributed by atoms with van der Waals surface area (Å²) in [4.78, 5) is 12.0. The number of pyridine rings is 1. The van der Waals surface area contributed by atoms with Gasteiger partial charge in [-0.2, -0.15) is 0 Å². The van der Waals surface area contributed by atoms with Gasteiger partial charge in [0.25, 0.3) is 0 Å². The molecule has 1 atom stereocenters. The normalized spacial score (nSPS) is 20.2. The molecule has 2 aromatic rings. The molecule has 0 spiro atoms. The summed E-state index contributed by atoms with van der Waals surface area (Å²) >= 11 is 0. The minimum atomic E-state index is 0.638. The van der Waals surface area contributed by atoms with Crippen molar-refractivity contribution in [2.45, 2.75) is 58.5 Å². The van der Waals surface area contributed by atoms with Gasteiger partial charge in [-0.15, -0.1) is 0 Å². The predicted octanol–water partition coefficient (Wildman–Crippen LogP) is 3.26. The molecule has 3 heterocycles. The lowest BCUT2D eigenvalue weighted by atomic mass is 10.0. The highest BCUT2D eigenvalue weighted by Crippen LogP contribution is 2.22. The van der Waals surface area contributed by atoms with E-state index in [1.807, 2.05) is 12.3 Å². The third kappa shape index (κ3) is 2.95. The summed E-state index contributed by atoms with van der Waals surface area (Å²) in [6.07, 6.45) is 8.04. The fraction of sp³-hybridized carbons (Fsp3) is 0.647. The molecule has 0 saturated carbocycles. The summed E-state index contributed by atoms with van der Waals surface area (Å²) in [7, 11) is 0. The minimum absolute atomic E-state index is 0.638. The summed E-state index contributed by atoms with van der Waals surface area (Å²) in [5, 5.41) is 0. The molecule has 21 heavy (non-hydrogen) atoms. The zero-order valence-corrected chi connectivity index (χ0v) is 13.3. The van der Waals surface area contributed by atoms with E-state index in [4.69, 9.17) is 4.98 Å². The molecule has 1 aliphatic rings. The Morgan fingerprint density at radius 3 is 3.00 bits per heavy atom. The molecular weight excluding hydrogens is 260 g/mol. The lowest BCUT2D eigenvalue weighted by Gasteiger charge is -2.35. The molecule has 4 nitrogen and oxygen atoms in total. The topological polar surface area (TPSA) is 34.0 Å². The van der Waals surface area contributed by atoms with Crippen molar-refractivity contribution >= 4 is 11.2 Å². The number of aryl methyl sites for hydroxylation is 1. The van der Waals surface area contributed by atoms with E-state index in [2.05, 4.69) is 34.4 Å². The number of fused-ring (bicyclic) bond motifs is 1. The van der Waals surface area contributed by atoms with Crippen molar-refractivity contribution in [2.24, 2.45) is 0 Å². The van der Waals surface area contributed by atoms with E-state index in [1.54, 1.807) is 0 Å². The van der Waals surface area contributed by atoms with Gasteiger partial charge >= 0.3 is 0 Å². The fourth-order valence-electron chi connectivity index (χ4n) is 3.51. The summed E-state index contributed by atoms with van der Waals surface area (Å²) in [6.45, 7) is 7.92. The van der Waals surface area contributed by atoms with Gasteiger partial charge in [-0.1, -0.05) is 20.3 Å². The van der Waals surface area contributed by atoms with E-state index >= 15 is 0 Å². The maximum atomic E-state index is 4.80. The average molecular weight is 286 g/mol. The number of hydrogen-bond acceptors (Lipinski definition) is 3. The Labute approximate surface area is 127 Å². The fourth-order valence-corrected chi connectivity index (χ4v) is 3.51. The lowest BCUT2D eigenvalue weighted by Crippen LogP contribution is -2.42. The SMILES string of the molecule is CCCc1nc2cccnc2n1CC1CCCCN1CC. The van der Waals surface area contributed by atoms with Gasteiger partial charge in [0.1, 0.15) is 11.3 Å². The third-order valence-electron chi connectivity index (χ3n) is 4.61. The second kappa shape index (κ2) is 6.56. The van der Waals surface area contributed by atoms with Crippen molar-refractivity contribution in [1.29, 1.82) is 0 Å². The van der Waals surface area contributed by atoms with Gasteiger partial charge in [0, 0.05) is 25.2 Å². The van der Waals surface area contributed by atoms with Crippen LogP contribution in [0.15, 0.2) is 18.3 Å². The first kappa shape index (κ1) is 14.5. The molecule has 2 aromatic heterocycles. The molecule has 1 unspecified atom stereocenters. The molecule has 3 rings (SSSR count).